The highest BCUT2D eigenvalue weighted by Gasteiger charge is 2.19. The number of aromatic nitrogens is 1. The Balaban J connectivity index is 2.15. The van der Waals surface area contributed by atoms with Gasteiger partial charge in [-0.3, -0.25) is 0 Å². The zero-order valence-electron chi connectivity index (χ0n) is 9.60. The minimum Gasteiger partial charge on any atom is -0.478 e. The van der Waals surface area contributed by atoms with E-state index in [0.29, 0.717) is 11.6 Å². The standard InChI is InChI=1S/C14H15NO2/c16-14(17)12-6-3-7-13-11(12)8-9-15(13)10-4-1-2-5-10/h3,6-10H,1-2,4-5H2,(H,16,17). The van der Waals surface area contributed by atoms with Crippen LogP contribution in [0.5, 0.6) is 0 Å². The average molecular weight is 229 g/mol. The Hall–Kier alpha value is -1.77. The predicted molar refractivity (Wildman–Crippen MR) is 66.4 cm³/mol. The molecule has 3 heteroatoms. The molecule has 1 aromatic carbocycles. The van der Waals surface area contributed by atoms with Gasteiger partial charge < -0.3 is 9.67 Å². The van der Waals surface area contributed by atoms with Gasteiger partial charge >= 0.3 is 5.97 Å². The molecule has 0 unspecified atom stereocenters. The molecule has 0 saturated heterocycles. The van der Waals surface area contributed by atoms with Gasteiger partial charge in [-0.1, -0.05) is 18.9 Å². The number of hydrogen-bond donors (Lipinski definition) is 1. The summed E-state index contributed by atoms with van der Waals surface area (Å²) in [4.78, 5) is 11.1. The van der Waals surface area contributed by atoms with Crippen LogP contribution < -0.4 is 0 Å². The fraction of sp³-hybridized carbons (Fsp3) is 0.357. The van der Waals surface area contributed by atoms with Crippen molar-refractivity contribution in [2.24, 2.45) is 0 Å². The number of carboxylic acids is 1. The summed E-state index contributed by atoms with van der Waals surface area (Å²) in [6.45, 7) is 0. The molecule has 17 heavy (non-hydrogen) atoms. The highest BCUT2D eigenvalue weighted by molar-refractivity contribution is 6.03. The molecular weight excluding hydrogens is 214 g/mol. The third-order valence-electron chi connectivity index (χ3n) is 3.71. The number of hydrogen-bond acceptors (Lipinski definition) is 1. The van der Waals surface area contributed by atoms with Crippen LogP contribution in [0.4, 0.5) is 0 Å². The summed E-state index contributed by atoms with van der Waals surface area (Å²) in [6.07, 6.45) is 7.02. The molecule has 88 valence electrons. The molecule has 0 amide bonds. The third kappa shape index (κ3) is 1.62. The summed E-state index contributed by atoms with van der Waals surface area (Å²) >= 11 is 0. The molecule has 1 N–H and O–H groups in total. The van der Waals surface area contributed by atoms with E-state index < -0.39 is 5.97 Å². The zero-order valence-corrected chi connectivity index (χ0v) is 9.60. The molecule has 1 saturated carbocycles. The molecule has 1 fully saturated rings. The van der Waals surface area contributed by atoms with Crippen molar-refractivity contribution in [1.82, 2.24) is 4.57 Å². The van der Waals surface area contributed by atoms with Crippen LogP contribution in [0.2, 0.25) is 0 Å². The van der Waals surface area contributed by atoms with Gasteiger partial charge in [0.2, 0.25) is 0 Å². The van der Waals surface area contributed by atoms with Crippen LogP contribution in [-0.4, -0.2) is 15.6 Å². The van der Waals surface area contributed by atoms with Crippen molar-refractivity contribution in [2.75, 3.05) is 0 Å². The van der Waals surface area contributed by atoms with Crippen LogP contribution in [0.25, 0.3) is 10.9 Å². The SMILES string of the molecule is O=C(O)c1cccc2c1ccn2C1CCCC1. The van der Waals surface area contributed by atoms with Crippen LogP contribution in [0.15, 0.2) is 30.5 Å². The Morgan fingerprint density at radius 2 is 2.00 bits per heavy atom. The Labute approximate surface area is 99.7 Å². The molecule has 1 aliphatic rings. The van der Waals surface area contributed by atoms with Crippen molar-refractivity contribution in [3.05, 3.63) is 36.0 Å². The van der Waals surface area contributed by atoms with E-state index >= 15 is 0 Å². The van der Waals surface area contributed by atoms with E-state index in [-0.39, 0.29) is 0 Å². The van der Waals surface area contributed by atoms with Gasteiger partial charge in [0.1, 0.15) is 0 Å². The molecule has 1 heterocycles. The van der Waals surface area contributed by atoms with Crippen molar-refractivity contribution in [3.63, 3.8) is 0 Å². The first-order chi connectivity index (χ1) is 8.27. The highest BCUT2D eigenvalue weighted by Crippen LogP contribution is 2.33. The summed E-state index contributed by atoms with van der Waals surface area (Å²) in [7, 11) is 0. The first-order valence-corrected chi connectivity index (χ1v) is 6.10. The fourth-order valence-corrected chi connectivity index (χ4v) is 2.88. The second kappa shape index (κ2) is 3.91. The number of nitrogens with zero attached hydrogens (tertiary/aromatic N) is 1. The molecule has 0 atom stereocenters. The molecule has 0 aliphatic heterocycles. The summed E-state index contributed by atoms with van der Waals surface area (Å²) in [6, 6.07) is 7.99. The number of carbonyl (C=O) groups is 1. The Morgan fingerprint density at radius 1 is 1.24 bits per heavy atom. The van der Waals surface area contributed by atoms with Crippen molar-refractivity contribution < 1.29 is 9.90 Å². The monoisotopic (exact) mass is 229 g/mol. The second-order valence-electron chi connectivity index (χ2n) is 4.70. The molecule has 1 aliphatic carbocycles. The molecular formula is C14H15NO2. The van der Waals surface area contributed by atoms with E-state index in [0.717, 1.165) is 10.9 Å². The Kier molecular flexibility index (Phi) is 2.39. The van der Waals surface area contributed by atoms with Gasteiger partial charge in [0.25, 0.3) is 0 Å². The van der Waals surface area contributed by atoms with Crippen LogP contribution in [0.3, 0.4) is 0 Å². The number of rotatable bonds is 2. The highest BCUT2D eigenvalue weighted by atomic mass is 16.4. The first kappa shape index (κ1) is 10.4. The van der Waals surface area contributed by atoms with Gasteiger partial charge in [-0.15, -0.1) is 0 Å². The predicted octanol–water partition coefficient (Wildman–Crippen LogP) is 3.45. The largest absolute Gasteiger partial charge is 0.478 e. The minimum atomic E-state index is -0.847. The van der Waals surface area contributed by atoms with Gasteiger partial charge in [0, 0.05) is 23.1 Å². The Morgan fingerprint density at radius 3 is 2.71 bits per heavy atom. The maximum atomic E-state index is 11.1. The van der Waals surface area contributed by atoms with E-state index in [1.165, 1.54) is 25.7 Å². The van der Waals surface area contributed by atoms with Gasteiger partial charge in [0.15, 0.2) is 0 Å². The molecule has 0 bridgehead atoms. The molecule has 0 spiro atoms. The van der Waals surface area contributed by atoms with Gasteiger partial charge in [0.05, 0.1) is 5.56 Å². The van der Waals surface area contributed by atoms with Crippen LogP contribution in [0.1, 0.15) is 42.1 Å². The molecule has 2 aromatic rings. The third-order valence-corrected chi connectivity index (χ3v) is 3.71. The number of aromatic carboxylic acids is 1. The number of carboxylic acid groups (broad SMARTS) is 1. The molecule has 3 nitrogen and oxygen atoms in total. The smallest absolute Gasteiger partial charge is 0.336 e. The van der Waals surface area contributed by atoms with Crippen LogP contribution in [-0.2, 0) is 0 Å². The van der Waals surface area contributed by atoms with E-state index in [9.17, 15) is 4.79 Å². The summed E-state index contributed by atoms with van der Waals surface area (Å²) in [5, 5.41) is 10.0. The van der Waals surface area contributed by atoms with E-state index in [4.69, 9.17) is 5.11 Å². The summed E-state index contributed by atoms with van der Waals surface area (Å²) in [5.74, 6) is -0.847. The number of fused-ring (bicyclic) bond motifs is 1. The lowest BCUT2D eigenvalue weighted by atomic mass is 10.1. The van der Waals surface area contributed by atoms with Gasteiger partial charge in [-0.25, -0.2) is 4.79 Å². The summed E-state index contributed by atoms with van der Waals surface area (Å²) < 4.78 is 2.24. The second-order valence-corrected chi connectivity index (χ2v) is 4.70. The van der Waals surface area contributed by atoms with Crippen molar-refractivity contribution in [2.45, 2.75) is 31.7 Å². The fourth-order valence-electron chi connectivity index (χ4n) is 2.88. The maximum Gasteiger partial charge on any atom is 0.336 e. The maximum absolute atomic E-state index is 11.1. The first-order valence-electron chi connectivity index (χ1n) is 6.10. The zero-order chi connectivity index (χ0) is 11.8. The lowest BCUT2D eigenvalue weighted by Crippen LogP contribution is -2.03. The van der Waals surface area contributed by atoms with E-state index in [2.05, 4.69) is 4.57 Å². The lowest BCUT2D eigenvalue weighted by molar-refractivity contribution is 0.0699. The van der Waals surface area contributed by atoms with Crippen molar-refractivity contribution in [3.8, 4) is 0 Å². The number of benzene rings is 1. The molecule has 3 rings (SSSR count). The summed E-state index contributed by atoms with van der Waals surface area (Å²) in [5.41, 5.74) is 1.45. The van der Waals surface area contributed by atoms with Gasteiger partial charge in [-0.2, -0.15) is 0 Å². The topological polar surface area (TPSA) is 42.2 Å². The van der Waals surface area contributed by atoms with E-state index in [1.807, 2.05) is 24.4 Å². The molecule has 1 aromatic heterocycles. The lowest BCUT2D eigenvalue weighted by Gasteiger charge is -2.13. The van der Waals surface area contributed by atoms with Gasteiger partial charge in [-0.05, 0) is 31.0 Å². The van der Waals surface area contributed by atoms with E-state index in [1.54, 1.807) is 6.07 Å². The van der Waals surface area contributed by atoms with Crippen LogP contribution in [0, 0.1) is 0 Å². The average Bonchev–Trinajstić information content (AvgIpc) is 2.96. The minimum absolute atomic E-state index is 0.402. The Bertz CT molecular complexity index is 565. The van der Waals surface area contributed by atoms with Crippen molar-refractivity contribution in [1.29, 1.82) is 0 Å². The van der Waals surface area contributed by atoms with Crippen molar-refractivity contribution >= 4 is 16.9 Å². The normalized spacial score (nSPS) is 16.7. The molecule has 0 radical (unpaired) electrons. The van der Waals surface area contributed by atoms with Crippen LogP contribution >= 0.6 is 0 Å². The quantitative estimate of drug-likeness (QED) is 0.856.